The summed E-state index contributed by atoms with van der Waals surface area (Å²) in [6.07, 6.45) is 5.54. The molecule has 1 fully saturated rings. The van der Waals surface area contributed by atoms with Crippen molar-refractivity contribution in [1.29, 1.82) is 0 Å². The zero-order valence-corrected chi connectivity index (χ0v) is 9.99. The van der Waals surface area contributed by atoms with E-state index in [1.54, 1.807) is 0 Å². The smallest absolute Gasteiger partial charge is 0.0133 e. The van der Waals surface area contributed by atoms with Crippen LogP contribution in [-0.2, 0) is 0 Å². The molecule has 0 aromatic carbocycles. The third-order valence-electron chi connectivity index (χ3n) is 2.59. The molecule has 1 nitrogen and oxygen atoms in total. The van der Waals surface area contributed by atoms with E-state index in [0.29, 0.717) is 10.8 Å². The lowest BCUT2D eigenvalue weighted by atomic mass is 9.81. The molecule has 2 heteroatoms. The van der Waals surface area contributed by atoms with Crippen LogP contribution in [0.2, 0.25) is 0 Å². The summed E-state index contributed by atoms with van der Waals surface area (Å²) in [4.78, 5) is 0. The lowest BCUT2D eigenvalue weighted by Gasteiger charge is -2.29. The van der Waals surface area contributed by atoms with E-state index in [4.69, 9.17) is 5.73 Å². The Hall–Kier alpha value is 0.310. The molecule has 78 valence electrons. The fourth-order valence-electron chi connectivity index (χ4n) is 1.58. The molecule has 0 bridgehead atoms. The fourth-order valence-corrected chi connectivity index (χ4v) is 2.43. The molecular weight excluding hydrogens is 178 g/mol. The average Bonchev–Trinajstić information content (AvgIpc) is 1.91. The molecule has 1 aliphatic carbocycles. The van der Waals surface area contributed by atoms with E-state index in [9.17, 15) is 0 Å². The molecule has 0 spiro atoms. The average molecular weight is 201 g/mol. The maximum Gasteiger partial charge on any atom is 0.0133 e. The van der Waals surface area contributed by atoms with Gasteiger partial charge in [0, 0.05) is 16.5 Å². The van der Waals surface area contributed by atoms with Crippen molar-refractivity contribution in [1.82, 2.24) is 0 Å². The summed E-state index contributed by atoms with van der Waals surface area (Å²) in [5.74, 6) is 2.08. The van der Waals surface area contributed by atoms with Gasteiger partial charge in [-0.25, -0.2) is 0 Å². The van der Waals surface area contributed by atoms with Crippen molar-refractivity contribution in [3.8, 4) is 0 Å². The molecule has 1 aliphatic rings. The molecule has 1 rings (SSSR count). The van der Waals surface area contributed by atoms with Crippen LogP contribution >= 0.6 is 11.8 Å². The Bertz CT molecular complexity index is 147. The van der Waals surface area contributed by atoms with Crippen LogP contribution in [-0.4, -0.2) is 16.5 Å². The minimum Gasteiger partial charge on any atom is -0.327 e. The summed E-state index contributed by atoms with van der Waals surface area (Å²) >= 11 is 1.99. The standard InChI is InChI=1S/C11H23NS/c1-11(2,3)13-8-10(12)7-9-5-4-6-9/h9-10H,4-8,12H2,1-3H3. The minimum absolute atomic E-state index is 0.372. The summed E-state index contributed by atoms with van der Waals surface area (Å²) in [5.41, 5.74) is 6.07. The first-order valence-electron chi connectivity index (χ1n) is 5.37. The van der Waals surface area contributed by atoms with Crippen LogP contribution in [0.5, 0.6) is 0 Å². The first-order valence-corrected chi connectivity index (χ1v) is 6.35. The quantitative estimate of drug-likeness (QED) is 0.756. The van der Waals surface area contributed by atoms with Crippen molar-refractivity contribution >= 4 is 11.8 Å². The zero-order chi connectivity index (χ0) is 9.90. The van der Waals surface area contributed by atoms with Crippen LogP contribution < -0.4 is 5.73 Å². The number of rotatable bonds is 4. The van der Waals surface area contributed by atoms with Gasteiger partial charge in [0.2, 0.25) is 0 Å². The van der Waals surface area contributed by atoms with Crippen LogP contribution in [0.25, 0.3) is 0 Å². The van der Waals surface area contributed by atoms with E-state index in [1.807, 2.05) is 11.8 Å². The van der Waals surface area contributed by atoms with E-state index < -0.39 is 0 Å². The predicted octanol–water partition coefficient (Wildman–Crippen LogP) is 3.04. The Labute approximate surface area is 86.8 Å². The van der Waals surface area contributed by atoms with Gasteiger partial charge in [0.1, 0.15) is 0 Å². The number of nitrogens with two attached hydrogens (primary N) is 1. The first-order chi connectivity index (χ1) is 5.97. The van der Waals surface area contributed by atoms with Crippen LogP contribution in [0.15, 0.2) is 0 Å². The summed E-state index contributed by atoms with van der Waals surface area (Å²) in [7, 11) is 0. The molecule has 2 N–H and O–H groups in total. The molecule has 0 aliphatic heterocycles. The molecule has 0 aromatic heterocycles. The summed E-state index contributed by atoms with van der Waals surface area (Å²) < 4.78 is 0.372. The van der Waals surface area contributed by atoms with E-state index in [-0.39, 0.29) is 0 Å². The van der Waals surface area contributed by atoms with Crippen molar-refractivity contribution in [2.75, 3.05) is 5.75 Å². The highest BCUT2D eigenvalue weighted by atomic mass is 32.2. The van der Waals surface area contributed by atoms with Gasteiger partial charge in [-0.3, -0.25) is 0 Å². The molecule has 0 heterocycles. The molecule has 1 saturated carbocycles. The predicted molar refractivity (Wildman–Crippen MR) is 62.1 cm³/mol. The third-order valence-corrected chi connectivity index (χ3v) is 4.05. The Morgan fingerprint density at radius 1 is 1.38 bits per heavy atom. The molecule has 0 amide bonds. The highest BCUT2D eigenvalue weighted by Gasteiger charge is 2.21. The van der Waals surface area contributed by atoms with Crippen molar-refractivity contribution in [2.24, 2.45) is 11.7 Å². The lowest BCUT2D eigenvalue weighted by Crippen LogP contribution is -2.30. The van der Waals surface area contributed by atoms with Crippen molar-refractivity contribution in [2.45, 2.75) is 57.2 Å². The Balaban J connectivity index is 2.06. The Kier molecular flexibility index (Phi) is 4.11. The number of thioether (sulfide) groups is 1. The highest BCUT2D eigenvalue weighted by molar-refractivity contribution is 8.00. The van der Waals surface area contributed by atoms with Gasteiger partial charge < -0.3 is 5.73 Å². The SMILES string of the molecule is CC(C)(C)SCC(N)CC1CCC1. The van der Waals surface area contributed by atoms with Crippen molar-refractivity contribution in [3.05, 3.63) is 0 Å². The summed E-state index contributed by atoms with van der Waals surface area (Å²) in [6.45, 7) is 6.77. The zero-order valence-electron chi connectivity index (χ0n) is 9.18. The number of hydrogen-bond donors (Lipinski definition) is 1. The Morgan fingerprint density at radius 2 is 2.00 bits per heavy atom. The minimum atomic E-state index is 0.372. The molecular formula is C11H23NS. The molecule has 0 aromatic rings. The van der Waals surface area contributed by atoms with E-state index in [0.717, 1.165) is 11.7 Å². The summed E-state index contributed by atoms with van der Waals surface area (Å²) in [6, 6.07) is 0.425. The van der Waals surface area contributed by atoms with Gasteiger partial charge in [-0.15, -0.1) is 0 Å². The van der Waals surface area contributed by atoms with Gasteiger partial charge in [0.15, 0.2) is 0 Å². The molecule has 0 saturated heterocycles. The molecule has 0 radical (unpaired) electrons. The maximum atomic E-state index is 6.07. The van der Waals surface area contributed by atoms with E-state index >= 15 is 0 Å². The van der Waals surface area contributed by atoms with Crippen molar-refractivity contribution in [3.63, 3.8) is 0 Å². The van der Waals surface area contributed by atoms with Gasteiger partial charge in [0.25, 0.3) is 0 Å². The first kappa shape index (κ1) is 11.4. The lowest BCUT2D eigenvalue weighted by molar-refractivity contribution is 0.282. The maximum absolute atomic E-state index is 6.07. The van der Waals surface area contributed by atoms with Gasteiger partial charge in [-0.1, -0.05) is 40.0 Å². The molecule has 1 unspecified atom stereocenters. The fraction of sp³-hybridized carbons (Fsp3) is 1.00. The monoisotopic (exact) mass is 201 g/mol. The van der Waals surface area contributed by atoms with Gasteiger partial charge >= 0.3 is 0 Å². The summed E-state index contributed by atoms with van der Waals surface area (Å²) in [5, 5.41) is 0. The van der Waals surface area contributed by atoms with Crippen LogP contribution in [0.1, 0.15) is 46.5 Å². The molecule has 13 heavy (non-hydrogen) atoms. The second kappa shape index (κ2) is 4.70. The largest absolute Gasteiger partial charge is 0.327 e. The second-order valence-electron chi connectivity index (χ2n) is 5.22. The van der Waals surface area contributed by atoms with Gasteiger partial charge in [0.05, 0.1) is 0 Å². The third kappa shape index (κ3) is 4.92. The van der Waals surface area contributed by atoms with Crippen LogP contribution in [0.3, 0.4) is 0 Å². The van der Waals surface area contributed by atoms with E-state index in [2.05, 4.69) is 20.8 Å². The second-order valence-corrected chi connectivity index (χ2v) is 7.06. The van der Waals surface area contributed by atoms with Crippen LogP contribution in [0, 0.1) is 5.92 Å². The number of hydrogen-bond acceptors (Lipinski definition) is 2. The highest BCUT2D eigenvalue weighted by Crippen LogP contribution is 2.31. The molecule has 1 atom stereocenters. The van der Waals surface area contributed by atoms with Crippen molar-refractivity contribution < 1.29 is 0 Å². The topological polar surface area (TPSA) is 26.0 Å². The Morgan fingerprint density at radius 3 is 2.38 bits per heavy atom. The van der Waals surface area contributed by atoms with E-state index in [1.165, 1.54) is 25.7 Å². The van der Waals surface area contributed by atoms with Crippen LogP contribution in [0.4, 0.5) is 0 Å². The van der Waals surface area contributed by atoms with Gasteiger partial charge in [-0.05, 0) is 12.3 Å². The van der Waals surface area contributed by atoms with Gasteiger partial charge in [-0.2, -0.15) is 11.8 Å². The normalized spacial score (nSPS) is 21.2.